The zero-order chi connectivity index (χ0) is 22.6. The highest BCUT2D eigenvalue weighted by molar-refractivity contribution is 9.10. The minimum atomic E-state index is 0.988. The van der Waals surface area contributed by atoms with Gasteiger partial charge in [0.25, 0.3) is 0 Å². The normalized spacial score (nSPS) is 15.6. The minimum Gasteiger partial charge on any atom is -0.228 e. The van der Waals surface area contributed by atoms with Crippen molar-refractivity contribution in [3.8, 4) is 16.9 Å². The molecule has 0 aliphatic heterocycles. The monoisotopic (exact) mass is 501 g/mol. The first-order chi connectivity index (χ1) is 16.2. The lowest BCUT2D eigenvalue weighted by Gasteiger charge is -2.18. The lowest BCUT2D eigenvalue weighted by molar-refractivity contribution is 0.560. The Balaban J connectivity index is 1.75. The van der Waals surface area contributed by atoms with E-state index in [0.717, 1.165) is 40.0 Å². The van der Waals surface area contributed by atoms with E-state index in [1.807, 2.05) is 4.68 Å². The number of para-hydroxylation sites is 1. The van der Waals surface area contributed by atoms with Crippen LogP contribution in [0.25, 0.3) is 28.0 Å². The van der Waals surface area contributed by atoms with Crippen molar-refractivity contribution >= 4 is 27.0 Å². The predicted octanol–water partition coefficient (Wildman–Crippen LogP) is 8.38. The number of aryl methyl sites for hydroxylation is 2. The van der Waals surface area contributed by atoms with E-state index in [1.54, 1.807) is 0 Å². The van der Waals surface area contributed by atoms with Crippen molar-refractivity contribution in [1.29, 1.82) is 0 Å². The number of hydrogen-bond donors (Lipinski definition) is 0. The molecule has 0 saturated heterocycles. The summed E-state index contributed by atoms with van der Waals surface area (Å²) in [4.78, 5) is 5.34. The van der Waals surface area contributed by atoms with Gasteiger partial charge in [-0.15, -0.1) is 0 Å². The third-order valence-corrected chi connectivity index (χ3v) is 7.46. The Bertz CT molecular complexity index is 1230. The van der Waals surface area contributed by atoms with Gasteiger partial charge in [-0.3, -0.25) is 0 Å². The highest BCUT2D eigenvalue weighted by Gasteiger charge is 2.22. The van der Waals surface area contributed by atoms with Crippen LogP contribution in [0.2, 0.25) is 0 Å². The Morgan fingerprint density at radius 3 is 2.00 bits per heavy atom. The number of fused-ring (bicyclic) bond motifs is 3. The maximum Gasteiger partial charge on any atom is 0.164 e. The molecule has 4 aromatic rings. The molecule has 0 N–H and O–H groups in total. The second kappa shape index (κ2) is 10.2. The Morgan fingerprint density at radius 1 is 0.727 bits per heavy atom. The molecule has 3 nitrogen and oxygen atoms in total. The van der Waals surface area contributed by atoms with Crippen LogP contribution in [0.4, 0.5) is 0 Å². The van der Waals surface area contributed by atoms with Crippen molar-refractivity contribution in [2.24, 2.45) is 0 Å². The van der Waals surface area contributed by atoms with Gasteiger partial charge < -0.3 is 0 Å². The summed E-state index contributed by atoms with van der Waals surface area (Å²) in [6.07, 6.45) is 12.8. The summed E-state index contributed by atoms with van der Waals surface area (Å²) in [5.41, 5.74) is 8.41. The first-order valence-corrected chi connectivity index (χ1v) is 13.2. The summed E-state index contributed by atoms with van der Waals surface area (Å²) >= 11 is 3.60. The predicted molar refractivity (Wildman–Crippen MR) is 141 cm³/mol. The maximum absolute atomic E-state index is 5.34. The van der Waals surface area contributed by atoms with Crippen molar-refractivity contribution in [2.45, 2.75) is 71.1 Å². The van der Waals surface area contributed by atoms with E-state index in [4.69, 9.17) is 10.1 Å². The van der Waals surface area contributed by atoms with Crippen LogP contribution in [-0.2, 0) is 12.8 Å². The molecule has 4 heteroatoms. The van der Waals surface area contributed by atoms with Crippen LogP contribution in [0.5, 0.6) is 0 Å². The molecule has 33 heavy (non-hydrogen) atoms. The van der Waals surface area contributed by atoms with Crippen molar-refractivity contribution < 1.29 is 0 Å². The van der Waals surface area contributed by atoms with E-state index in [1.165, 1.54) is 73.4 Å². The summed E-state index contributed by atoms with van der Waals surface area (Å²) in [6.45, 7) is 2.15. The number of nitrogens with zero attached hydrogens (tertiary/aromatic N) is 3. The van der Waals surface area contributed by atoms with Crippen molar-refractivity contribution in [3.63, 3.8) is 0 Å². The summed E-state index contributed by atoms with van der Waals surface area (Å²) < 4.78 is 3.14. The summed E-state index contributed by atoms with van der Waals surface area (Å²) in [5, 5.41) is 6.26. The van der Waals surface area contributed by atoms with Crippen LogP contribution in [0, 0.1) is 6.92 Å². The largest absolute Gasteiger partial charge is 0.228 e. The van der Waals surface area contributed by atoms with Gasteiger partial charge in [0, 0.05) is 15.4 Å². The van der Waals surface area contributed by atoms with E-state index in [9.17, 15) is 0 Å². The van der Waals surface area contributed by atoms with Crippen LogP contribution in [0.15, 0.2) is 59.1 Å². The molecule has 0 unspecified atom stereocenters. The van der Waals surface area contributed by atoms with E-state index in [0.29, 0.717) is 0 Å². The average molecular weight is 503 g/mol. The zero-order valence-electron chi connectivity index (χ0n) is 19.5. The maximum atomic E-state index is 5.34. The van der Waals surface area contributed by atoms with Gasteiger partial charge in [0.2, 0.25) is 0 Å². The van der Waals surface area contributed by atoms with Gasteiger partial charge in [-0.25, -0.2) is 9.67 Å². The first kappa shape index (κ1) is 22.3. The summed E-state index contributed by atoms with van der Waals surface area (Å²) in [5.74, 6) is 0. The molecule has 1 aliphatic carbocycles. The molecule has 5 rings (SSSR count). The second-order valence-electron chi connectivity index (χ2n) is 9.28. The van der Waals surface area contributed by atoms with Gasteiger partial charge >= 0.3 is 0 Å². The molecule has 0 radical (unpaired) electrons. The molecule has 0 saturated carbocycles. The van der Waals surface area contributed by atoms with Crippen LogP contribution in [0.3, 0.4) is 0 Å². The van der Waals surface area contributed by atoms with E-state index >= 15 is 0 Å². The average Bonchev–Trinajstić information content (AvgIpc) is 3.16. The van der Waals surface area contributed by atoms with Crippen LogP contribution >= 0.6 is 15.9 Å². The zero-order valence-corrected chi connectivity index (χ0v) is 21.1. The third kappa shape index (κ3) is 4.77. The molecule has 170 valence electrons. The molecule has 0 amide bonds. The molecule has 2 heterocycles. The fraction of sp³-hybridized carbons (Fsp3) is 0.379. The number of pyridine rings is 1. The Kier molecular flexibility index (Phi) is 6.91. The topological polar surface area (TPSA) is 30.7 Å². The molecule has 0 bridgehead atoms. The molecule has 0 spiro atoms. The molecule has 2 aromatic heterocycles. The number of halogens is 1. The second-order valence-corrected chi connectivity index (χ2v) is 10.2. The summed E-state index contributed by atoms with van der Waals surface area (Å²) in [6, 6.07) is 19.1. The smallest absolute Gasteiger partial charge is 0.164 e. The quantitative estimate of drug-likeness (QED) is 0.276. The van der Waals surface area contributed by atoms with Crippen LogP contribution < -0.4 is 0 Å². The third-order valence-electron chi connectivity index (χ3n) is 6.93. The Hall–Kier alpha value is -2.46. The van der Waals surface area contributed by atoms with Crippen LogP contribution in [0.1, 0.15) is 68.2 Å². The standard InChI is InChI=1S/C29H32BrN3/c1-21-27-25-15-11-6-4-2-3-5-7-12-16-26(25)28(22-17-19-23(30)20-18-22)31-29(27)33(32-21)24-13-9-8-10-14-24/h8-10,13-14,17-20H,2-7,11-12,15-16H2,1H3. The van der Waals surface area contributed by atoms with Gasteiger partial charge in [0.1, 0.15) is 0 Å². The molecular formula is C29H32BrN3. The first-order valence-electron chi connectivity index (χ1n) is 12.4. The Morgan fingerprint density at radius 2 is 1.33 bits per heavy atom. The van der Waals surface area contributed by atoms with Gasteiger partial charge in [-0.05, 0) is 68.0 Å². The summed E-state index contributed by atoms with van der Waals surface area (Å²) in [7, 11) is 0. The fourth-order valence-electron chi connectivity index (χ4n) is 5.24. The molecular weight excluding hydrogens is 470 g/mol. The SMILES string of the molecule is Cc1nn(-c2ccccc2)c2nc(-c3ccc(Br)cc3)c3c(c12)CCCCCCCCCC3. The number of benzene rings is 2. The van der Waals surface area contributed by atoms with Gasteiger partial charge in [0.05, 0.1) is 17.1 Å². The number of aromatic nitrogens is 3. The van der Waals surface area contributed by atoms with Crippen molar-refractivity contribution in [2.75, 3.05) is 0 Å². The van der Waals surface area contributed by atoms with Gasteiger partial charge in [-0.2, -0.15) is 5.10 Å². The van der Waals surface area contributed by atoms with Crippen molar-refractivity contribution in [1.82, 2.24) is 14.8 Å². The number of hydrogen-bond acceptors (Lipinski definition) is 2. The van der Waals surface area contributed by atoms with E-state index in [-0.39, 0.29) is 0 Å². The Labute approximate surface area is 205 Å². The molecule has 0 fully saturated rings. The number of rotatable bonds is 2. The lowest BCUT2D eigenvalue weighted by atomic mass is 9.90. The van der Waals surface area contributed by atoms with E-state index in [2.05, 4.69) is 77.5 Å². The van der Waals surface area contributed by atoms with Crippen LogP contribution in [-0.4, -0.2) is 14.8 Å². The fourth-order valence-corrected chi connectivity index (χ4v) is 5.51. The molecule has 2 aromatic carbocycles. The van der Waals surface area contributed by atoms with Gasteiger partial charge in [0.15, 0.2) is 5.65 Å². The highest BCUT2D eigenvalue weighted by atomic mass is 79.9. The lowest BCUT2D eigenvalue weighted by Crippen LogP contribution is -2.05. The van der Waals surface area contributed by atoms with E-state index < -0.39 is 0 Å². The minimum absolute atomic E-state index is 0.988. The highest BCUT2D eigenvalue weighted by Crippen LogP contribution is 2.36. The van der Waals surface area contributed by atoms with Gasteiger partial charge in [-0.1, -0.05) is 84.8 Å². The van der Waals surface area contributed by atoms with Crippen molar-refractivity contribution in [3.05, 3.63) is 75.9 Å². The molecule has 0 atom stereocenters. The molecule has 1 aliphatic rings.